The molecular formula is C9H19NO. The van der Waals surface area contributed by atoms with Crippen LogP contribution in [0.4, 0.5) is 0 Å². The van der Waals surface area contributed by atoms with E-state index in [1.54, 1.807) is 7.11 Å². The van der Waals surface area contributed by atoms with E-state index in [9.17, 15) is 0 Å². The van der Waals surface area contributed by atoms with Crippen molar-refractivity contribution in [3.63, 3.8) is 0 Å². The van der Waals surface area contributed by atoms with Crippen LogP contribution in [0.2, 0.25) is 0 Å². The Balaban J connectivity index is 2.58. The molecule has 0 saturated carbocycles. The number of ether oxygens (including phenoxy) is 1. The first-order valence-electron chi connectivity index (χ1n) is 4.34. The summed E-state index contributed by atoms with van der Waals surface area (Å²) in [7, 11) is 1.80. The second kappa shape index (κ2) is 3.11. The molecule has 0 aromatic heterocycles. The molecule has 0 radical (unpaired) electrons. The first-order valence-corrected chi connectivity index (χ1v) is 4.34. The number of hydrogen-bond donors (Lipinski definition) is 1. The highest BCUT2D eigenvalue weighted by Crippen LogP contribution is 2.29. The fourth-order valence-electron chi connectivity index (χ4n) is 1.89. The van der Waals surface area contributed by atoms with Crippen molar-refractivity contribution in [3.8, 4) is 0 Å². The van der Waals surface area contributed by atoms with E-state index in [-0.39, 0.29) is 5.60 Å². The number of nitrogens with one attached hydrogen (secondary N) is 1. The summed E-state index contributed by atoms with van der Waals surface area (Å²) in [6.45, 7) is 8.85. The number of rotatable bonds is 2. The Morgan fingerprint density at radius 1 is 1.36 bits per heavy atom. The highest BCUT2D eigenvalue weighted by Gasteiger charge is 2.36. The molecule has 66 valence electrons. The Labute approximate surface area is 69.3 Å². The molecule has 1 saturated heterocycles. The molecule has 1 rings (SSSR count). The molecule has 1 fully saturated rings. The summed E-state index contributed by atoms with van der Waals surface area (Å²) in [5, 5.41) is 3.38. The highest BCUT2D eigenvalue weighted by molar-refractivity contribution is 4.89. The fourth-order valence-corrected chi connectivity index (χ4v) is 1.89. The van der Waals surface area contributed by atoms with Crippen molar-refractivity contribution < 1.29 is 4.74 Å². The second-order valence-corrected chi connectivity index (χ2v) is 4.05. The first-order chi connectivity index (χ1) is 5.08. The molecule has 2 heteroatoms. The van der Waals surface area contributed by atoms with E-state index < -0.39 is 0 Å². The molecule has 11 heavy (non-hydrogen) atoms. The zero-order valence-corrected chi connectivity index (χ0v) is 7.98. The average molecular weight is 157 g/mol. The molecule has 0 bridgehead atoms. The Hall–Kier alpha value is -0.0800. The van der Waals surface area contributed by atoms with Gasteiger partial charge in [-0.25, -0.2) is 0 Å². The van der Waals surface area contributed by atoms with E-state index in [1.807, 2.05) is 0 Å². The summed E-state index contributed by atoms with van der Waals surface area (Å²) in [5.74, 6) is 1.40. The molecule has 0 amide bonds. The number of hydrogen-bond acceptors (Lipinski definition) is 2. The predicted molar refractivity (Wildman–Crippen MR) is 46.6 cm³/mol. The Bertz CT molecular complexity index is 134. The monoisotopic (exact) mass is 157 g/mol. The van der Waals surface area contributed by atoms with Crippen molar-refractivity contribution in [2.24, 2.45) is 11.8 Å². The lowest BCUT2D eigenvalue weighted by atomic mass is 9.83. The van der Waals surface area contributed by atoms with Crippen molar-refractivity contribution in [1.29, 1.82) is 0 Å². The van der Waals surface area contributed by atoms with Crippen molar-refractivity contribution >= 4 is 0 Å². The highest BCUT2D eigenvalue weighted by atomic mass is 16.5. The SMILES string of the molecule is COC(C)(C)C1CNCC1C. The predicted octanol–water partition coefficient (Wildman–Crippen LogP) is 1.27. The van der Waals surface area contributed by atoms with Gasteiger partial charge in [-0.3, -0.25) is 0 Å². The van der Waals surface area contributed by atoms with Gasteiger partial charge in [0.1, 0.15) is 0 Å². The van der Waals surface area contributed by atoms with E-state index in [0.29, 0.717) is 5.92 Å². The van der Waals surface area contributed by atoms with Crippen LogP contribution in [-0.2, 0) is 4.74 Å². The van der Waals surface area contributed by atoms with Crippen molar-refractivity contribution in [3.05, 3.63) is 0 Å². The zero-order chi connectivity index (χ0) is 8.48. The maximum Gasteiger partial charge on any atom is 0.0665 e. The molecule has 1 heterocycles. The molecule has 0 spiro atoms. The van der Waals surface area contributed by atoms with E-state index in [1.165, 1.54) is 0 Å². The van der Waals surface area contributed by atoms with Gasteiger partial charge < -0.3 is 10.1 Å². The number of methoxy groups -OCH3 is 1. The van der Waals surface area contributed by atoms with E-state index >= 15 is 0 Å². The quantitative estimate of drug-likeness (QED) is 0.651. The average Bonchev–Trinajstić information content (AvgIpc) is 2.36. The van der Waals surface area contributed by atoms with Crippen LogP contribution in [0.25, 0.3) is 0 Å². The summed E-state index contributed by atoms with van der Waals surface area (Å²) >= 11 is 0. The van der Waals surface area contributed by atoms with Gasteiger partial charge in [-0.1, -0.05) is 6.92 Å². The molecule has 1 aliphatic rings. The van der Waals surface area contributed by atoms with Gasteiger partial charge in [0.25, 0.3) is 0 Å². The standard InChI is InChI=1S/C9H19NO/c1-7-5-10-6-8(7)9(2,3)11-4/h7-8,10H,5-6H2,1-4H3. The molecule has 2 unspecified atom stereocenters. The van der Waals surface area contributed by atoms with Crippen molar-refractivity contribution in [1.82, 2.24) is 5.32 Å². The Kier molecular flexibility index (Phi) is 2.55. The third-order valence-electron chi connectivity index (χ3n) is 2.94. The molecular weight excluding hydrogens is 138 g/mol. The van der Waals surface area contributed by atoms with Gasteiger partial charge in [-0.2, -0.15) is 0 Å². The van der Waals surface area contributed by atoms with Crippen LogP contribution in [0.15, 0.2) is 0 Å². The minimum absolute atomic E-state index is 0.0307. The van der Waals surface area contributed by atoms with Crippen molar-refractivity contribution in [2.75, 3.05) is 20.2 Å². The van der Waals surface area contributed by atoms with Gasteiger partial charge in [0.15, 0.2) is 0 Å². The largest absolute Gasteiger partial charge is 0.378 e. The Morgan fingerprint density at radius 3 is 2.36 bits per heavy atom. The summed E-state index contributed by atoms with van der Waals surface area (Å²) in [4.78, 5) is 0. The second-order valence-electron chi connectivity index (χ2n) is 4.05. The van der Waals surface area contributed by atoms with Crippen LogP contribution in [0, 0.1) is 11.8 Å². The smallest absolute Gasteiger partial charge is 0.0665 e. The van der Waals surface area contributed by atoms with E-state index in [4.69, 9.17) is 4.74 Å². The maximum absolute atomic E-state index is 5.45. The van der Waals surface area contributed by atoms with Crippen LogP contribution in [-0.4, -0.2) is 25.8 Å². The third kappa shape index (κ3) is 1.74. The molecule has 0 aliphatic carbocycles. The molecule has 1 N–H and O–H groups in total. The molecule has 2 nitrogen and oxygen atoms in total. The van der Waals surface area contributed by atoms with Gasteiger partial charge in [0.2, 0.25) is 0 Å². The van der Waals surface area contributed by atoms with Crippen LogP contribution in [0.1, 0.15) is 20.8 Å². The van der Waals surface area contributed by atoms with Gasteiger partial charge in [0.05, 0.1) is 5.60 Å². The van der Waals surface area contributed by atoms with Crippen molar-refractivity contribution in [2.45, 2.75) is 26.4 Å². The van der Waals surface area contributed by atoms with Gasteiger partial charge in [0, 0.05) is 19.6 Å². The summed E-state index contributed by atoms with van der Waals surface area (Å²) in [5.41, 5.74) is 0.0307. The fraction of sp³-hybridized carbons (Fsp3) is 1.00. The third-order valence-corrected chi connectivity index (χ3v) is 2.94. The molecule has 0 aromatic rings. The van der Waals surface area contributed by atoms with E-state index in [2.05, 4.69) is 26.1 Å². The lowest BCUT2D eigenvalue weighted by molar-refractivity contribution is -0.0332. The summed E-state index contributed by atoms with van der Waals surface area (Å²) < 4.78 is 5.45. The van der Waals surface area contributed by atoms with Crippen LogP contribution in [0.5, 0.6) is 0 Å². The Morgan fingerprint density at radius 2 is 2.00 bits per heavy atom. The van der Waals surface area contributed by atoms with Crippen LogP contribution < -0.4 is 5.32 Å². The van der Waals surface area contributed by atoms with Gasteiger partial charge >= 0.3 is 0 Å². The van der Waals surface area contributed by atoms with Crippen LogP contribution >= 0.6 is 0 Å². The lowest BCUT2D eigenvalue weighted by Gasteiger charge is -2.32. The van der Waals surface area contributed by atoms with Gasteiger partial charge in [-0.05, 0) is 26.3 Å². The molecule has 1 aliphatic heterocycles. The maximum atomic E-state index is 5.45. The molecule has 2 atom stereocenters. The first kappa shape index (κ1) is 9.01. The topological polar surface area (TPSA) is 21.3 Å². The van der Waals surface area contributed by atoms with E-state index in [0.717, 1.165) is 19.0 Å². The summed E-state index contributed by atoms with van der Waals surface area (Å²) in [6, 6.07) is 0. The van der Waals surface area contributed by atoms with Gasteiger partial charge in [-0.15, -0.1) is 0 Å². The minimum Gasteiger partial charge on any atom is -0.378 e. The summed E-state index contributed by atoms with van der Waals surface area (Å²) in [6.07, 6.45) is 0. The molecule has 0 aromatic carbocycles. The normalized spacial score (nSPS) is 32.7. The minimum atomic E-state index is 0.0307. The zero-order valence-electron chi connectivity index (χ0n) is 7.98. The van der Waals surface area contributed by atoms with Crippen LogP contribution in [0.3, 0.4) is 0 Å². The lowest BCUT2D eigenvalue weighted by Crippen LogP contribution is -2.37.